The lowest BCUT2D eigenvalue weighted by Gasteiger charge is -2.44. The van der Waals surface area contributed by atoms with Gasteiger partial charge < -0.3 is 44.3 Å². The van der Waals surface area contributed by atoms with Crippen LogP contribution >= 0.6 is 0 Å². The number of amides is 3. The third-order valence-electron chi connectivity index (χ3n) is 9.09. The van der Waals surface area contributed by atoms with E-state index in [1.165, 1.54) is 6.92 Å². The molecule has 1 saturated carbocycles. The summed E-state index contributed by atoms with van der Waals surface area (Å²) in [6.07, 6.45) is -0.455. The molecule has 1 saturated heterocycles. The minimum atomic E-state index is -1.86. The molecule has 1 aliphatic heterocycles. The number of para-hydroxylation sites is 4. The Hall–Kier alpha value is -5.14. The highest BCUT2D eigenvalue weighted by Gasteiger charge is 2.56. The Bertz CT molecular complexity index is 1740. The Labute approximate surface area is 303 Å². The van der Waals surface area contributed by atoms with Crippen molar-refractivity contribution in [3.05, 3.63) is 72.3 Å². The van der Waals surface area contributed by atoms with Gasteiger partial charge in [0.15, 0.2) is 18.1 Å². The highest BCUT2D eigenvalue weighted by atomic mass is 16.5. The summed E-state index contributed by atoms with van der Waals surface area (Å²) in [6, 6.07) is 18.6. The molecule has 278 valence electrons. The molecule has 2 aliphatic rings. The van der Waals surface area contributed by atoms with E-state index in [9.17, 15) is 24.3 Å². The summed E-state index contributed by atoms with van der Waals surface area (Å²) in [7, 11) is 0. The van der Waals surface area contributed by atoms with Crippen LogP contribution in [0.5, 0.6) is 23.0 Å². The zero-order valence-corrected chi connectivity index (χ0v) is 30.0. The Morgan fingerprint density at radius 1 is 0.788 bits per heavy atom. The lowest BCUT2D eigenvalue weighted by molar-refractivity contribution is -0.151. The van der Waals surface area contributed by atoms with Gasteiger partial charge in [0.2, 0.25) is 11.8 Å². The Morgan fingerprint density at radius 3 is 1.94 bits per heavy atom. The fourth-order valence-electron chi connectivity index (χ4n) is 6.78. The van der Waals surface area contributed by atoms with Gasteiger partial charge in [-0.15, -0.1) is 0 Å². The van der Waals surface area contributed by atoms with E-state index < -0.39 is 47.4 Å². The minimum Gasteiger partial charge on any atom is -0.492 e. The molecule has 13 nitrogen and oxygen atoms in total. The normalized spacial score (nSPS) is 21.5. The van der Waals surface area contributed by atoms with Gasteiger partial charge in [0.1, 0.15) is 23.2 Å². The molecule has 3 N–H and O–H groups in total. The average molecular weight is 718 g/mol. The minimum absolute atomic E-state index is 0.211. The van der Waals surface area contributed by atoms with E-state index >= 15 is 0 Å². The fourth-order valence-corrected chi connectivity index (χ4v) is 6.78. The number of hydrogen-bond acceptors (Lipinski definition) is 10. The third kappa shape index (κ3) is 8.83. The van der Waals surface area contributed by atoms with Crippen LogP contribution in [0.4, 0.5) is 11.4 Å². The molecular formula is C39H47N3O10. The lowest BCUT2D eigenvalue weighted by atomic mass is 9.61. The van der Waals surface area contributed by atoms with Crippen LogP contribution in [0.2, 0.25) is 0 Å². The van der Waals surface area contributed by atoms with Crippen molar-refractivity contribution in [2.75, 3.05) is 63.4 Å². The van der Waals surface area contributed by atoms with Crippen molar-refractivity contribution in [3.63, 3.8) is 0 Å². The van der Waals surface area contributed by atoms with Crippen LogP contribution in [-0.2, 0) is 23.9 Å². The molecule has 0 spiro atoms. The molecule has 3 aromatic carbocycles. The molecule has 13 heteroatoms. The number of carbonyl (C=O) groups excluding carboxylic acids is 4. The molecule has 4 atom stereocenters. The summed E-state index contributed by atoms with van der Waals surface area (Å²) in [5.74, 6) is -4.57. The lowest BCUT2D eigenvalue weighted by Crippen LogP contribution is -2.56. The van der Waals surface area contributed by atoms with E-state index in [2.05, 4.69) is 10.6 Å². The second-order valence-electron chi connectivity index (χ2n) is 12.7. The Balaban J connectivity index is 1.55. The molecule has 52 heavy (non-hydrogen) atoms. The van der Waals surface area contributed by atoms with Crippen molar-refractivity contribution in [2.45, 2.75) is 45.6 Å². The van der Waals surface area contributed by atoms with Crippen LogP contribution in [0.15, 0.2) is 66.7 Å². The van der Waals surface area contributed by atoms with Crippen LogP contribution in [0.3, 0.4) is 0 Å². The first kappa shape index (κ1) is 38.1. The number of ether oxygens (including phenoxy) is 5. The van der Waals surface area contributed by atoms with Crippen LogP contribution in [-0.4, -0.2) is 91.8 Å². The summed E-state index contributed by atoms with van der Waals surface area (Å²) in [4.78, 5) is 57.2. The van der Waals surface area contributed by atoms with E-state index in [0.717, 1.165) is 0 Å². The molecule has 0 aromatic heterocycles. The zero-order valence-electron chi connectivity index (χ0n) is 30.0. The van der Waals surface area contributed by atoms with E-state index in [0.29, 0.717) is 68.0 Å². The van der Waals surface area contributed by atoms with Crippen molar-refractivity contribution >= 4 is 34.9 Å². The molecule has 0 bridgehead atoms. The SMILES string of the molecule is CCOc1ccccc1NC(=O)C1C(=O)CC(C)(O)C(C(=O)Nc2ccccc2OCC)C1c1ccc(OCC(=O)N2CCOCC2)c(OCC)c1. The topological polar surface area (TPSA) is 162 Å². The molecular weight excluding hydrogens is 670 g/mol. The van der Waals surface area contributed by atoms with Gasteiger partial charge in [0.05, 0.1) is 55.9 Å². The molecule has 4 unspecified atom stereocenters. The monoisotopic (exact) mass is 717 g/mol. The average Bonchev–Trinajstić information content (AvgIpc) is 3.12. The molecule has 1 heterocycles. The number of nitrogens with zero attached hydrogens (tertiary/aromatic N) is 1. The summed E-state index contributed by atoms with van der Waals surface area (Å²) in [5, 5.41) is 17.6. The second kappa shape index (κ2) is 17.4. The smallest absolute Gasteiger partial charge is 0.260 e. The van der Waals surface area contributed by atoms with Crippen molar-refractivity contribution in [2.24, 2.45) is 11.8 Å². The largest absolute Gasteiger partial charge is 0.492 e. The fraction of sp³-hybridized carbons (Fsp3) is 0.436. The Kier molecular flexibility index (Phi) is 12.7. The maximum atomic E-state index is 14.4. The van der Waals surface area contributed by atoms with Gasteiger partial charge in [0.25, 0.3) is 5.91 Å². The summed E-state index contributed by atoms with van der Waals surface area (Å²) in [5.41, 5.74) is -0.761. The molecule has 1 aliphatic carbocycles. The first-order valence-electron chi connectivity index (χ1n) is 17.6. The van der Waals surface area contributed by atoms with Gasteiger partial charge in [-0.05, 0) is 69.7 Å². The van der Waals surface area contributed by atoms with Crippen molar-refractivity contribution < 1.29 is 48.0 Å². The first-order chi connectivity index (χ1) is 25.1. The van der Waals surface area contributed by atoms with Gasteiger partial charge in [-0.1, -0.05) is 30.3 Å². The van der Waals surface area contributed by atoms with E-state index in [1.54, 1.807) is 78.6 Å². The molecule has 5 rings (SSSR count). The van der Waals surface area contributed by atoms with E-state index in [4.69, 9.17) is 23.7 Å². The van der Waals surface area contributed by atoms with Crippen molar-refractivity contribution in [1.29, 1.82) is 0 Å². The highest BCUT2D eigenvalue weighted by molar-refractivity contribution is 6.11. The van der Waals surface area contributed by atoms with Gasteiger partial charge in [-0.2, -0.15) is 0 Å². The highest BCUT2D eigenvalue weighted by Crippen LogP contribution is 2.48. The van der Waals surface area contributed by atoms with Gasteiger partial charge in [-0.3, -0.25) is 19.2 Å². The number of carbonyl (C=O) groups is 4. The quantitative estimate of drug-likeness (QED) is 0.204. The van der Waals surface area contributed by atoms with Crippen LogP contribution < -0.4 is 29.6 Å². The molecule has 3 aromatic rings. The van der Waals surface area contributed by atoms with E-state index in [1.807, 2.05) is 13.8 Å². The zero-order chi connectivity index (χ0) is 37.3. The summed E-state index contributed by atoms with van der Waals surface area (Å²) in [6.45, 7) is 9.35. The predicted molar refractivity (Wildman–Crippen MR) is 193 cm³/mol. The number of morpholine rings is 1. The standard InChI is InChI=1S/C39H47N3O10/c1-5-49-29-14-10-8-12-26(29)40-37(45)35-28(43)23-39(4,47)36(38(46)41-27-13-9-11-15-30(27)50-6-2)34(35)25-16-17-31(32(22-25)51-7-3)52-24-33(44)42-18-20-48-21-19-42/h8-17,22,34-36,47H,5-7,18-21,23-24H2,1-4H3,(H,40,45)(H,41,46). The third-order valence-corrected chi connectivity index (χ3v) is 9.09. The molecule has 3 amide bonds. The van der Waals surface area contributed by atoms with Crippen molar-refractivity contribution in [3.8, 4) is 23.0 Å². The number of anilines is 2. The maximum absolute atomic E-state index is 14.4. The molecule has 0 radical (unpaired) electrons. The summed E-state index contributed by atoms with van der Waals surface area (Å²) >= 11 is 0. The molecule has 2 fully saturated rings. The van der Waals surface area contributed by atoms with Crippen LogP contribution in [0, 0.1) is 11.8 Å². The van der Waals surface area contributed by atoms with Crippen molar-refractivity contribution in [1.82, 2.24) is 4.90 Å². The number of ketones is 1. The number of benzene rings is 3. The number of aliphatic hydroxyl groups is 1. The maximum Gasteiger partial charge on any atom is 0.260 e. The number of rotatable bonds is 14. The summed E-state index contributed by atoms with van der Waals surface area (Å²) < 4.78 is 28.6. The first-order valence-corrected chi connectivity index (χ1v) is 17.6. The van der Waals surface area contributed by atoms with Crippen LogP contribution in [0.1, 0.15) is 45.6 Å². The Morgan fingerprint density at radius 2 is 1.35 bits per heavy atom. The number of hydrogen-bond donors (Lipinski definition) is 3. The predicted octanol–water partition coefficient (Wildman–Crippen LogP) is 4.44. The van der Waals surface area contributed by atoms with Gasteiger partial charge >= 0.3 is 0 Å². The van der Waals surface area contributed by atoms with Gasteiger partial charge in [0, 0.05) is 25.4 Å². The van der Waals surface area contributed by atoms with Crippen LogP contribution in [0.25, 0.3) is 0 Å². The second-order valence-corrected chi connectivity index (χ2v) is 12.7. The van der Waals surface area contributed by atoms with Gasteiger partial charge in [-0.25, -0.2) is 0 Å². The number of Topliss-reactive ketones (excluding diaryl/α,β-unsaturated/α-hetero) is 1. The number of nitrogens with one attached hydrogen (secondary N) is 2. The van der Waals surface area contributed by atoms with E-state index in [-0.39, 0.29) is 30.6 Å².